The minimum atomic E-state index is -0.234. The Bertz CT molecular complexity index is 1700. The van der Waals surface area contributed by atoms with Gasteiger partial charge < -0.3 is 11.5 Å². The van der Waals surface area contributed by atoms with Crippen molar-refractivity contribution in [2.45, 2.75) is 19.3 Å². The number of aliphatic imine (C=N–C) groups is 1. The van der Waals surface area contributed by atoms with Crippen LogP contribution in [0.2, 0.25) is 0 Å². The van der Waals surface area contributed by atoms with Crippen molar-refractivity contribution in [3.05, 3.63) is 126 Å². The number of fused-ring (bicyclic) bond motifs is 4. The number of nitrogens with zero attached hydrogens (tertiary/aromatic N) is 2. The SMILES string of the molecule is CC1(C)C(c2ccccc2)=Nc2cc3c4ccccc4n(/C(N)=C/C=C(\N)c4ccccc4)c3cc21. The van der Waals surface area contributed by atoms with Crippen LogP contribution in [0.5, 0.6) is 0 Å². The van der Waals surface area contributed by atoms with Gasteiger partial charge in [-0.1, -0.05) is 92.7 Å². The summed E-state index contributed by atoms with van der Waals surface area (Å²) in [6.07, 6.45) is 3.76. The summed E-state index contributed by atoms with van der Waals surface area (Å²) < 4.78 is 2.12. The molecule has 1 aliphatic rings. The van der Waals surface area contributed by atoms with E-state index in [9.17, 15) is 0 Å². The zero-order chi connectivity index (χ0) is 24.9. The van der Waals surface area contributed by atoms with E-state index in [4.69, 9.17) is 16.5 Å². The number of rotatable bonds is 4. The second-order valence-electron chi connectivity index (χ2n) is 9.77. The Hall–Kier alpha value is -4.57. The van der Waals surface area contributed by atoms with Crippen LogP contribution in [0.4, 0.5) is 5.69 Å². The van der Waals surface area contributed by atoms with Crippen LogP contribution in [0.1, 0.15) is 30.5 Å². The first-order valence-electron chi connectivity index (χ1n) is 12.2. The summed E-state index contributed by atoms with van der Waals surface area (Å²) in [7, 11) is 0. The molecule has 0 bridgehead atoms. The van der Waals surface area contributed by atoms with Crippen molar-refractivity contribution in [3.63, 3.8) is 0 Å². The molecule has 0 amide bonds. The molecule has 5 aromatic rings. The second-order valence-corrected chi connectivity index (χ2v) is 9.77. The maximum absolute atomic E-state index is 6.72. The van der Waals surface area contributed by atoms with Gasteiger partial charge in [0, 0.05) is 21.9 Å². The molecule has 4 N–H and O–H groups in total. The zero-order valence-electron chi connectivity index (χ0n) is 20.4. The number of allylic oxidation sites excluding steroid dienone is 2. The number of hydrogen-bond acceptors (Lipinski definition) is 3. The normalized spacial score (nSPS) is 15.3. The van der Waals surface area contributed by atoms with Crippen LogP contribution in [0.3, 0.4) is 0 Å². The number of para-hydroxylation sites is 1. The summed E-state index contributed by atoms with van der Waals surface area (Å²) >= 11 is 0. The Morgan fingerprint density at radius 2 is 1.42 bits per heavy atom. The maximum atomic E-state index is 6.72. The fourth-order valence-corrected chi connectivity index (χ4v) is 5.26. The van der Waals surface area contributed by atoms with Crippen LogP contribution in [0, 0.1) is 0 Å². The predicted octanol–water partition coefficient (Wildman–Crippen LogP) is 6.96. The van der Waals surface area contributed by atoms with Crippen LogP contribution in [-0.2, 0) is 5.41 Å². The van der Waals surface area contributed by atoms with Gasteiger partial charge in [0.15, 0.2) is 0 Å². The standard InChI is InChI=1S/C32H28N4/c1-32(2)25-20-29-24(19-27(25)35-31(32)22-13-7-4-8-14-22)23-15-9-10-16-28(23)36(29)30(34)18-17-26(33)21-11-5-3-6-12-21/h3-20H,33-34H2,1-2H3/b26-17-,30-18+. The Morgan fingerprint density at radius 1 is 0.750 bits per heavy atom. The van der Waals surface area contributed by atoms with E-state index in [0.29, 0.717) is 11.5 Å². The summed E-state index contributed by atoms with van der Waals surface area (Å²) in [5.74, 6) is 0.611. The Morgan fingerprint density at radius 3 is 2.17 bits per heavy atom. The first-order valence-corrected chi connectivity index (χ1v) is 12.2. The van der Waals surface area contributed by atoms with Crippen molar-refractivity contribution in [1.82, 2.24) is 4.57 Å². The van der Waals surface area contributed by atoms with Crippen LogP contribution in [0.25, 0.3) is 33.3 Å². The lowest BCUT2D eigenvalue weighted by Gasteiger charge is -2.23. The molecule has 0 spiro atoms. The van der Waals surface area contributed by atoms with Gasteiger partial charge >= 0.3 is 0 Å². The van der Waals surface area contributed by atoms with E-state index >= 15 is 0 Å². The highest BCUT2D eigenvalue weighted by atomic mass is 15.1. The van der Waals surface area contributed by atoms with Gasteiger partial charge in [0.25, 0.3) is 0 Å². The van der Waals surface area contributed by atoms with Gasteiger partial charge in [0.05, 0.1) is 22.4 Å². The Kier molecular flexibility index (Phi) is 5.04. The third-order valence-electron chi connectivity index (χ3n) is 7.13. The first-order chi connectivity index (χ1) is 17.4. The van der Waals surface area contributed by atoms with Crippen LogP contribution in [0.15, 0.2) is 114 Å². The van der Waals surface area contributed by atoms with Crippen molar-refractivity contribution in [2.75, 3.05) is 0 Å². The molecule has 0 saturated carbocycles. The van der Waals surface area contributed by atoms with Gasteiger partial charge in [-0.25, -0.2) is 0 Å². The minimum Gasteiger partial charge on any atom is -0.398 e. The van der Waals surface area contributed by atoms with Gasteiger partial charge in [0.1, 0.15) is 5.82 Å². The van der Waals surface area contributed by atoms with Gasteiger partial charge in [0.2, 0.25) is 0 Å². The molecule has 6 rings (SSSR count). The summed E-state index contributed by atoms with van der Waals surface area (Å²) in [5, 5.41) is 2.28. The molecule has 4 heteroatoms. The third-order valence-corrected chi connectivity index (χ3v) is 7.13. The molecule has 0 unspecified atom stereocenters. The summed E-state index contributed by atoms with van der Waals surface area (Å²) in [5.41, 5.74) is 21.0. The Labute approximate surface area is 210 Å². The molecule has 2 heterocycles. The van der Waals surface area contributed by atoms with E-state index in [-0.39, 0.29) is 5.41 Å². The fraction of sp³-hybridized carbons (Fsp3) is 0.0938. The maximum Gasteiger partial charge on any atom is 0.108 e. The van der Waals surface area contributed by atoms with Crippen molar-refractivity contribution in [2.24, 2.45) is 16.5 Å². The first kappa shape index (κ1) is 21.9. The molecule has 0 saturated heterocycles. The lowest BCUT2D eigenvalue weighted by atomic mass is 9.79. The molecular weight excluding hydrogens is 440 g/mol. The van der Waals surface area contributed by atoms with Gasteiger partial charge in [-0.2, -0.15) is 0 Å². The number of hydrogen-bond donors (Lipinski definition) is 2. The smallest absolute Gasteiger partial charge is 0.108 e. The molecular formula is C32H28N4. The van der Waals surface area contributed by atoms with E-state index in [2.05, 4.69) is 73.0 Å². The minimum absolute atomic E-state index is 0.234. The van der Waals surface area contributed by atoms with Crippen LogP contribution < -0.4 is 11.5 Å². The van der Waals surface area contributed by atoms with E-state index in [1.165, 1.54) is 5.56 Å². The molecule has 0 aliphatic carbocycles. The molecule has 36 heavy (non-hydrogen) atoms. The monoisotopic (exact) mass is 468 g/mol. The van der Waals surface area contributed by atoms with Crippen molar-refractivity contribution >= 4 is 44.7 Å². The number of benzene rings is 4. The van der Waals surface area contributed by atoms with Gasteiger partial charge in [-0.05, 0) is 47.0 Å². The molecule has 0 fully saturated rings. The Balaban J connectivity index is 1.53. The second kappa shape index (κ2) is 8.28. The van der Waals surface area contributed by atoms with Crippen LogP contribution >= 0.6 is 0 Å². The molecule has 0 atom stereocenters. The van der Waals surface area contributed by atoms with Crippen LogP contribution in [-0.4, -0.2) is 10.3 Å². The molecule has 1 aliphatic heterocycles. The van der Waals surface area contributed by atoms with E-state index in [1.54, 1.807) is 0 Å². The highest BCUT2D eigenvalue weighted by Gasteiger charge is 2.36. The average molecular weight is 469 g/mol. The average Bonchev–Trinajstić information content (AvgIpc) is 3.37. The summed E-state index contributed by atoms with van der Waals surface area (Å²) in [6, 6.07) is 33.2. The van der Waals surface area contributed by atoms with Gasteiger partial charge in [-0.3, -0.25) is 9.56 Å². The highest BCUT2D eigenvalue weighted by Crippen LogP contribution is 2.45. The number of aromatic nitrogens is 1. The molecule has 4 nitrogen and oxygen atoms in total. The van der Waals surface area contributed by atoms with Gasteiger partial charge in [-0.15, -0.1) is 0 Å². The van der Waals surface area contributed by atoms with Crippen molar-refractivity contribution in [3.8, 4) is 0 Å². The quantitative estimate of drug-likeness (QED) is 0.280. The summed E-state index contributed by atoms with van der Waals surface area (Å²) in [4.78, 5) is 5.11. The van der Waals surface area contributed by atoms with E-state index in [1.807, 2.05) is 54.6 Å². The predicted molar refractivity (Wildman–Crippen MR) is 152 cm³/mol. The largest absolute Gasteiger partial charge is 0.398 e. The van der Waals surface area contributed by atoms with E-state index in [0.717, 1.165) is 44.3 Å². The summed E-state index contributed by atoms with van der Waals surface area (Å²) in [6.45, 7) is 4.48. The lowest BCUT2D eigenvalue weighted by molar-refractivity contribution is 0.738. The third kappa shape index (κ3) is 3.42. The lowest BCUT2D eigenvalue weighted by Crippen LogP contribution is -2.26. The highest BCUT2D eigenvalue weighted by molar-refractivity contribution is 6.16. The molecule has 4 aromatic carbocycles. The van der Waals surface area contributed by atoms with Crippen molar-refractivity contribution < 1.29 is 0 Å². The van der Waals surface area contributed by atoms with Crippen molar-refractivity contribution in [1.29, 1.82) is 0 Å². The molecule has 176 valence electrons. The zero-order valence-corrected chi connectivity index (χ0v) is 20.4. The fourth-order valence-electron chi connectivity index (χ4n) is 5.26. The molecule has 1 aromatic heterocycles. The topological polar surface area (TPSA) is 69.3 Å². The van der Waals surface area contributed by atoms with E-state index < -0.39 is 0 Å². The number of nitrogens with two attached hydrogens (primary N) is 2. The molecule has 0 radical (unpaired) electrons.